The number of thioether (sulfide) groups is 1. The molecule has 0 bridgehead atoms. The zero-order chi connectivity index (χ0) is 17.8. The normalized spacial score (nSPS) is 10.5. The first-order valence-corrected chi connectivity index (χ1v) is 8.93. The molecule has 0 aliphatic carbocycles. The van der Waals surface area contributed by atoms with Crippen molar-refractivity contribution >= 4 is 17.7 Å². The number of aromatic nitrogens is 1. The molecule has 126 valence electrons. The van der Waals surface area contributed by atoms with Gasteiger partial charge >= 0.3 is 5.97 Å². The van der Waals surface area contributed by atoms with Crippen LogP contribution in [0.4, 0.5) is 0 Å². The molecule has 0 aliphatic rings. The number of pyridine rings is 1. The third-order valence-corrected chi connectivity index (χ3v) is 4.70. The van der Waals surface area contributed by atoms with Crippen molar-refractivity contribution in [1.29, 1.82) is 0 Å². The predicted octanol–water partition coefficient (Wildman–Crippen LogP) is 4.22. The van der Waals surface area contributed by atoms with E-state index in [0.717, 1.165) is 16.7 Å². The van der Waals surface area contributed by atoms with Crippen molar-refractivity contribution in [1.82, 2.24) is 4.98 Å². The molecule has 4 nitrogen and oxygen atoms in total. The van der Waals surface area contributed by atoms with Gasteiger partial charge in [0.1, 0.15) is 5.56 Å². The molecule has 0 spiro atoms. The average Bonchev–Trinajstić information content (AvgIpc) is 2.67. The number of carbonyl (C=O) groups is 1. The summed E-state index contributed by atoms with van der Waals surface area (Å²) in [7, 11) is 1.28. The second-order valence-electron chi connectivity index (χ2n) is 5.34. The maximum absolute atomic E-state index is 12.6. The third kappa shape index (κ3) is 3.23. The third-order valence-electron chi connectivity index (χ3n) is 3.89. The predicted molar refractivity (Wildman–Crippen MR) is 101 cm³/mol. The molecule has 25 heavy (non-hydrogen) atoms. The SMILES string of the molecule is COC(=O)c1c(SC)c(-c2ccccc2)c(-c2ccccc2)[nH]c1=O. The molecule has 1 aromatic heterocycles. The van der Waals surface area contributed by atoms with Crippen LogP contribution in [-0.4, -0.2) is 24.3 Å². The molecule has 0 aliphatic heterocycles. The monoisotopic (exact) mass is 351 g/mol. The van der Waals surface area contributed by atoms with Gasteiger partial charge in [-0.3, -0.25) is 4.79 Å². The first kappa shape index (κ1) is 17.0. The number of carbonyl (C=O) groups excluding carboxylic acids is 1. The standard InChI is InChI=1S/C20H17NO3S/c1-24-20(23)16-18(25-2)15(13-9-5-3-6-10-13)17(21-19(16)22)14-11-7-4-8-12-14/h3-12H,1-2H3,(H,21,22). The first-order valence-electron chi connectivity index (χ1n) is 7.70. The van der Waals surface area contributed by atoms with E-state index in [1.165, 1.54) is 18.9 Å². The molecule has 1 N–H and O–H groups in total. The van der Waals surface area contributed by atoms with Crippen LogP contribution in [-0.2, 0) is 4.74 Å². The van der Waals surface area contributed by atoms with Crippen LogP contribution >= 0.6 is 11.8 Å². The van der Waals surface area contributed by atoms with E-state index in [1.54, 1.807) is 0 Å². The number of aromatic amines is 1. The summed E-state index contributed by atoms with van der Waals surface area (Å²) in [6.45, 7) is 0. The van der Waals surface area contributed by atoms with Gasteiger partial charge < -0.3 is 9.72 Å². The zero-order valence-electron chi connectivity index (χ0n) is 13.9. The Balaban J connectivity index is 2.42. The van der Waals surface area contributed by atoms with Crippen molar-refractivity contribution in [2.45, 2.75) is 4.90 Å². The van der Waals surface area contributed by atoms with Crippen LogP contribution in [0.25, 0.3) is 22.4 Å². The summed E-state index contributed by atoms with van der Waals surface area (Å²) >= 11 is 1.36. The molecule has 3 aromatic rings. The molecule has 0 atom stereocenters. The lowest BCUT2D eigenvalue weighted by atomic mass is 9.97. The van der Waals surface area contributed by atoms with Crippen molar-refractivity contribution in [3.63, 3.8) is 0 Å². The smallest absolute Gasteiger partial charge is 0.344 e. The molecule has 5 heteroatoms. The van der Waals surface area contributed by atoms with Gasteiger partial charge in [-0.25, -0.2) is 4.79 Å². The topological polar surface area (TPSA) is 59.2 Å². The van der Waals surface area contributed by atoms with E-state index in [2.05, 4.69) is 4.98 Å². The number of benzene rings is 2. The Hall–Kier alpha value is -2.79. The Morgan fingerprint density at radius 3 is 2.04 bits per heavy atom. The van der Waals surface area contributed by atoms with Crippen molar-refractivity contribution in [2.75, 3.05) is 13.4 Å². The lowest BCUT2D eigenvalue weighted by molar-refractivity contribution is 0.0594. The Bertz CT molecular complexity index is 950. The van der Waals surface area contributed by atoms with Gasteiger partial charge in [-0.2, -0.15) is 0 Å². The van der Waals surface area contributed by atoms with Crippen LogP contribution in [0, 0.1) is 0 Å². The van der Waals surface area contributed by atoms with Crippen LogP contribution in [0.15, 0.2) is 70.4 Å². The molecule has 0 unspecified atom stereocenters. The van der Waals surface area contributed by atoms with Gasteiger partial charge in [0.05, 0.1) is 12.8 Å². The summed E-state index contributed by atoms with van der Waals surface area (Å²) < 4.78 is 4.82. The minimum Gasteiger partial charge on any atom is -0.465 e. The number of rotatable bonds is 4. The zero-order valence-corrected chi connectivity index (χ0v) is 14.7. The molecule has 0 saturated carbocycles. The van der Waals surface area contributed by atoms with Crippen molar-refractivity contribution in [3.05, 3.63) is 76.6 Å². The van der Waals surface area contributed by atoms with Gasteiger partial charge in [-0.05, 0) is 17.4 Å². The van der Waals surface area contributed by atoms with Crippen LogP contribution in [0.3, 0.4) is 0 Å². The fraction of sp³-hybridized carbons (Fsp3) is 0.100. The maximum Gasteiger partial charge on any atom is 0.344 e. The van der Waals surface area contributed by atoms with Crippen molar-refractivity contribution in [3.8, 4) is 22.4 Å². The fourth-order valence-electron chi connectivity index (χ4n) is 2.77. The van der Waals surface area contributed by atoms with E-state index in [1.807, 2.05) is 66.9 Å². The molecule has 0 amide bonds. The highest BCUT2D eigenvalue weighted by Crippen LogP contribution is 2.38. The molecular formula is C20H17NO3S. The van der Waals surface area contributed by atoms with E-state index in [-0.39, 0.29) is 5.56 Å². The first-order chi connectivity index (χ1) is 12.2. The van der Waals surface area contributed by atoms with E-state index in [4.69, 9.17) is 4.74 Å². The highest BCUT2D eigenvalue weighted by Gasteiger charge is 2.24. The number of hydrogen-bond acceptors (Lipinski definition) is 4. The van der Waals surface area contributed by atoms with Crippen LogP contribution in [0.2, 0.25) is 0 Å². The number of H-pyrrole nitrogens is 1. The molecule has 2 aromatic carbocycles. The minimum atomic E-state index is -0.637. The number of ether oxygens (including phenoxy) is 1. The number of methoxy groups -OCH3 is 1. The highest BCUT2D eigenvalue weighted by molar-refractivity contribution is 7.98. The summed E-state index contributed by atoms with van der Waals surface area (Å²) in [6, 6.07) is 19.3. The van der Waals surface area contributed by atoms with Gasteiger partial charge in [0.25, 0.3) is 5.56 Å². The Kier molecular flexibility index (Phi) is 5.05. The molecular weight excluding hydrogens is 334 g/mol. The average molecular weight is 351 g/mol. The lowest BCUT2D eigenvalue weighted by Gasteiger charge is -2.16. The molecule has 1 heterocycles. The molecule has 3 rings (SSSR count). The van der Waals surface area contributed by atoms with Gasteiger partial charge in [-0.1, -0.05) is 60.7 Å². The van der Waals surface area contributed by atoms with Crippen LogP contribution < -0.4 is 5.56 Å². The van der Waals surface area contributed by atoms with Crippen LogP contribution in [0.1, 0.15) is 10.4 Å². The van der Waals surface area contributed by atoms with Gasteiger partial charge in [0, 0.05) is 10.5 Å². The summed E-state index contributed by atoms with van der Waals surface area (Å²) in [5, 5.41) is 0. The summed E-state index contributed by atoms with van der Waals surface area (Å²) in [6.07, 6.45) is 1.85. The Morgan fingerprint density at radius 2 is 1.52 bits per heavy atom. The maximum atomic E-state index is 12.6. The second kappa shape index (κ2) is 7.40. The largest absolute Gasteiger partial charge is 0.465 e. The van der Waals surface area contributed by atoms with E-state index in [0.29, 0.717) is 10.6 Å². The Labute approximate surface area is 149 Å². The highest BCUT2D eigenvalue weighted by atomic mass is 32.2. The van der Waals surface area contributed by atoms with Crippen molar-refractivity contribution in [2.24, 2.45) is 0 Å². The molecule has 0 radical (unpaired) electrons. The summed E-state index contributed by atoms with van der Waals surface area (Å²) in [4.78, 5) is 28.3. The van der Waals surface area contributed by atoms with E-state index in [9.17, 15) is 9.59 Å². The Morgan fingerprint density at radius 1 is 0.960 bits per heavy atom. The summed E-state index contributed by atoms with van der Waals surface area (Å²) in [5.74, 6) is -0.637. The quantitative estimate of drug-likeness (QED) is 0.565. The lowest BCUT2D eigenvalue weighted by Crippen LogP contribution is -2.22. The van der Waals surface area contributed by atoms with Crippen molar-refractivity contribution < 1.29 is 9.53 Å². The van der Waals surface area contributed by atoms with Gasteiger partial charge in [0.15, 0.2) is 0 Å². The molecule has 0 saturated heterocycles. The van der Waals surface area contributed by atoms with Crippen LogP contribution in [0.5, 0.6) is 0 Å². The molecule has 0 fully saturated rings. The number of nitrogens with one attached hydrogen (secondary N) is 1. The fourth-order valence-corrected chi connectivity index (χ4v) is 3.58. The minimum absolute atomic E-state index is 0.0357. The van der Waals surface area contributed by atoms with Gasteiger partial charge in [-0.15, -0.1) is 11.8 Å². The van der Waals surface area contributed by atoms with Gasteiger partial charge in [0.2, 0.25) is 0 Å². The number of esters is 1. The van der Waals surface area contributed by atoms with E-state index < -0.39 is 11.5 Å². The second-order valence-corrected chi connectivity index (χ2v) is 6.15. The summed E-state index contributed by atoms with van der Waals surface area (Å²) in [5.41, 5.74) is 2.90. The number of hydrogen-bond donors (Lipinski definition) is 1. The van der Waals surface area contributed by atoms with E-state index >= 15 is 0 Å².